The Morgan fingerprint density at radius 2 is 1.42 bits per heavy atom. The Kier molecular flexibility index (Phi) is 6.38. The quantitative estimate of drug-likeness (QED) is 0.190. The maximum atomic E-state index is 14.2. The molecule has 4 aromatic carbocycles. The fraction of sp³-hybridized carbons (Fsp3) is 0.133. The molecule has 8 heteroatoms. The summed E-state index contributed by atoms with van der Waals surface area (Å²) in [6, 6.07) is 28.8. The lowest BCUT2D eigenvalue weighted by molar-refractivity contribution is -0.138. The Morgan fingerprint density at radius 1 is 0.763 bits per heavy atom. The van der Waals surface area contributed by atoms with Gasteiger partial charge in [0, 0.05) is 12.1 Å². The van der Waals surface area contributed by atoms with Crippen molar-refractivity contribution < 1.29 is 14.4 Å². The van der Waals surface area contributed by atoms with E-state index in [4.69, 9.17) is 16.9 Å². The van der Waals surface area contributed by atoms with Crippen molar-refractivity contribution in [1.82, 2.24) is 9.80 Å². The Morgan fingerprint density at radius 3 is 2.08 bits per heavy atom. The number of carbonyl (C=O) groups excluding carboxylic acids is 3. The zero-order valence-electron chi connectivity index (χ0n) is 20.6. The first-order valence-electron chi connectivity index (χ1n) is 12.2. The molecule has 0 radical (unpaired) electrons. The number of hydrogen-bond acceptors (Lipinski definition) is 4. The molecule has 4 amide bonds. The van der Waals surface area contributed by atoms with E-state index in [9.17, 15) is 14.4 Å². The fourth-order valence-electron chi connectivity index (χ4n) is 5.11. The second-order valence-corrected chi connectivity index (χ2v) is 9.42. The van der Waals surface area contributed by atoms with Gasteiger partial charge in [0.25, 0.3) is 5.91 Å². The molecule has 1 heterocycles. The summed E-state index contributed by atoms with van der Waals surface area (Å²) in [6.07, 6.45) is -0.343. The molecule has 1 unspecified atom stereocenters. The van der Waals surface area contributed by atoms with Crippen LogP contribution in [0.15, 0.2) is 97.1 Å². The Balaban J connectivity index is 1.59. The van der Waals surface area contributed by atoms with Crippen molar-refractivity contribution in [2.45, 2.75) is 25.0 Å². The molecule has 1 fully saturated rings. The van der Waals surface area contributed by atoms with Crippen molar-refractivity contribution in [2.24, 2.45) is 11.5 Å². The van der Waals surface area contributed by atoms with E-state index >= 15 is 0 Å². The van der Waals surface area contributed by atoms with Crippen LogP contribution in [0, 0.1) is 5.41 Å². The van der Waals surface area contributed by atoms with Gasteiger partial charge in [0.05, 0.1) is 13.0 Å². The van der Waals surface area contributed by atoms with E-state index in [1.54, 1.807) is 36.4 Å². The van der Waals surface area contributed by atoms with Crippen molar-refractivity contribution in [1.29, 1.82) is 5.41 Å². The highest BCUT2D eigenvalue weighted by molar-refractivity contribution is 6.09. The van der Waals surface area contributed by atoms with Crippen LogP contribution < -0.4 is 11.5 Å². The van der Waals surface area contributed by atoms with Crippen LogP contribution in [0.25, 0.3) is 10.8 Å². The zero-order valence-corrected chi connectivity index (χ0v) is 20.6. The minimum atomic E-state index is -1.57. The number of nitrogens with zero attached hydrogens (tertiary/aromatic N) is 2. The number of urea groups is 1. The van der Waals surface area contributed by atoms with Gasteiger partial charge < -0.3 is 16.4 Å². The second-order valence-electron chi connectivity index (χ2n) is 9.42. The van der Waals surface area contributed by atoms with Gasteiger partial charge in [-0.05, 0) is 39.6 Å². The van der Waals surface area contributed by atoms with Crippen molar-refractivity contribution in [3.8, 4) is 0 Å². The molecule has 0 aliphatic carbocycles. The Bertz CT molecular complexity index is 1550. The molecule has 1 aliphatic rings. The highest BCUT2D eigenvalue weighted by Crippen LogP contribution is 2.42. The third-order valence-electron chi connectivity index (χ3n) is 6.94. The summed E-state index contributed by atoms with van der Waals surface area (Å²) < 4.78 is 0. The van der Waals surface area contributed by atoms with Gasteiger partial charge in [-0.15, -0.1) is 0 Å². The maximum absolute atomic E-state index is 14.2. The van der Waals surface area contributed by atoms with E-state index in [2.05, 4.69) is 0 Å². The molecule has 38 heavy (non-hydrogen) atoms. The summed E-state index contributed by atoms with van der Waals surface area (Å²) in [5.74, 6) is -1.23. The van der Waals surface area contributed by atoms with Crippen LogP contribution in [0.3, 0.4) is 0 Å². The van der Waals surface area contributed by atoms with Crippen LogP contribution in [0.4, 0.5) is 4.79 Å². The van der Waals surface area contributed by atoms with E-state index < -0.39 is 23.4 Å². The number of nitrogen functional groups attached to an aromatic ring is 1. The molecule has 5 N–H and O–H groups in total. The lowest BCUT2D eigenvalue weighted by Gasteiger charge is -2.35. The molecule has 0 bridgehead atoms. The molecule has 8 nitrogen and oxygen atoms in total. The van der Waals surface area contributed by atoms with E-state index in [0.29, 0.717) is 11.1 Å². The third kappa shape index (κ3) is 4.37. The highest BCUT2D eigenvalue weighted by Gasteiger charge is 2.58. The van der Waals surface area contributed by atoms with E-state index in [-0.39, 0.29) is 25.3 Å². The van der Waals surface area contributed by atoms with Gasteiger partial charge >= 0.3 is 6.03 Å². The number of nitrogens with two attached hydrogens (primary N) is 2. The lowest BCUT2D eigenvalue weighted by atomic mass is 9.84. The minimum Gasteiger partial charge on any atom is -0.384 e. The Hall–Kier alpha value is -4.98. The number of hydrogen-bond donors (Lipinski definition) is 3. The minimum absolute atomic E-state index is 0.0105. The number of amidine groups is 1. The predicted molar refractivity (Wildman–Crippen MR) is 145 cm³/mol. The number of amides is 4. The van der Waals surface area contributed by atoms with E-state index in [0.717, 1.165) is 21.9 Å². The van der Waals surface area contributed by atoms with Crippen molar-refractivity contribution in [3.63, 3.8) is 0 Å². The van der Waals surface area contributed by atoms with Gasteiger partial charge in [0.15, 0.2) is 5.54 Å². The van der Waals surface area contributed by atoms with Gasteiger partial charge in [-0.2, -0.15) is 0 Å². The van der Waals surface area contributed by atoms with Crippen LogP contribution >= 0.6 is 0 Å². The second kappa shape index (κ2) is 9.82. The van der Waals surface area contributed by atoms with Crippen LogP contribution in [0.2, 0.25) is 0 Å². The van der Waals surface area contributed by atoms with Gasteiger partial charge in [-0.3, -0.25) is 19.9 Å². The summed E-state index contributed by atoms with van der Waals surface area (Å²) in [6.45, 7) is 0.139. The van der Waals surface area contributed by atoms with Crippen LogP contribution in [-0.4, -0.2) is 33.5 Å². The number of nitrogens with one attached hydrogen (secondary N) is 1. The smallest absolute Gasteiger partial charge is 0.328 e. The first kappa shape index (κ1) is 24.7. The molecule has 1 aliphatic heterocycles. The van der Waals surface area contributed by atoms with E-state index in [1.807, 2.05) is 60.7 Å². The molecule has 1 atom stereocenters. The number of benzene rings is 4. The number of imide groups is 1. The maximum Gasteiger partial charge on any atom is 0.328 e. The summed E-state index contributed by atoms with van der Waals surface area (Å²) in [7, 11) is 0. The normalized spacial score (nSPS) is 17.3. The molecule has 1 saturated heterocycles. The van der Waals surface area contributed by atoms with Crippen molar-refractivity contribution >= 4 is 34.5 Å². The van der Waals surface area contributed by atoms with Crippen LogP contribution in [0.5, 0.6) is 0 Å². The van der Waals surface area contributed by atoms with Crippen LogP contribution in [0.1, 0.15) is 28.7 Å². The molecular weight excluding hydrogens is 478 g/mol. The zero-order chi connectivity index (χ0) is 26.9. The Labute approximate surface area is 220 Å². The third-order valence-corrected chi connectivity index (χ3v) is 6.94. The molecular formula is C30H27N5O3. The van der Waals surface area contributed by atoms with Crippen molar-refractivity contribution in [2.75, 3.05) is 0 Å². The highest BCUT2D eigenvalue weighted by atomic mass is 16.2. The average molecular weight is 506 g/mol. The first-order valence-corrected chi connectivity index (χ1v) is 12.2. The summed E-state index contributed by atoms with van der Waals surface area (Å²) in [5, 5.41) is 9.51. The summed E-state index contributed by atoms with van der Waals surface area (Å²) in [4.78, 5) is 43.1. The number of primary amides is 1. The van der Waals surface area contributed by atoms with Crippen LogP contribution in [-0.2, 0) is 28.2 Å². The number of carbonyl (C=O) groups is 3. The molecule has 190 valence electrons. The number of rotatable bonds is 8. The van der Waals surface area contributed by atoms with Crippen molar-refractivity contribution in [3.05, 3.63) is 119 Å². The largest absolute Gasteiger partial charge is 0.384 e. The standard InChI is InChI=1S/C30H27N5O3/c31-26(36)17-30(25-9-5-2-6-10-25)28(37)34(29(38)35(30)19-20-7-3-1-4-8-20)18-21-11-12-22-13-14-23(27(32)33)16-24(22)15-21/h1-16H,17-19H2,(H2,31,36)(H3,32,33). The van der Waals surface area contributed by atoms with E-state index in [1.165, 1.54) is 9.80 Å². The molecule has 4 aromatic rings. The topological polar surface area (TPSA) is 134 Å². The average Bonchev–Trinajstić information content (AvgIpc) is 3.10. The molecule has 0 aromatic heterocycles. The molecule has 0 spiro atoms. The molecule has 0 saturated carbocycles. The summed E-state index contributed by atoms with van der Waals surface area (Å²) in [5.41, 5.74) is 12.4. The summed E-state index contributed by atoms with van der Waals surface area (Å²) >= 11 is 0. The van der Waals surface area contributed by atoms with Gasteiger partial charge in [0.1, 0.15) is 5.84 Å². The van der Waals surface area contributed by atoms with Gasteiger partial charge in [-0.25, -0.2) is 4.79 Å². The SMILES string of the molecule is N=C(N)c1ccc2ccc(CN3C(=O)N(Cc4ccccc4)C(CC(N)=O)(c4ccccc4)C3=O)cc2c1. The first-order chi connectivity index (χ1) is 18.3. The lowest BCUT2D eigenvalue weighted by Crippen LogP contribution is -2.49. The van der Waals surface area contributed by atoms with Gasteiger partial charge in [0.2, 0.25) is 5.91 Å². The fourth-order valence-corrected chi connectivity index (χ4v) is 5.11. The van der Waals surface area contributed by atoms with Gasteiger partial charge in [-0.1, -0.05) is 84.9 Å². The molecule has 5 rings (SSSR count). The number of fused-ring (bicyclic) bond motifs is 1. The predicted octanol–water partition coefficient (Wildman–Crippen LogP) is 3.86. The monoisotopic (exact) mass is 505 g/mol.